The first-order chi connectivity index (χ1) is 6.36. The third-order valence-corrected chi connectivity index (χ3v) is 2.72. The molecule has 2 fully saturated rings. The van der Waals surface area contributed by atoms with Crippen molar-refractivity contribution in [2.24, 2.45) is 5.92 Å². The molecule has 3 nitrogen and oxygen atoms in total. The molecule has 0 aromatic carbocycles. The van der Waals surface area contributed by atoms with E-state index in [9.17, 15) is 0 Å². The molecule has 1 aliphatic heterocycles. The zero-order valence-corrected chi connectivity index (χ0v) is 7.95. The average molecular weight is 186 g/mol. The molecule has 0 radical (unpaired) electrons. The maximum atomic E-state index is 8.36. The first kappa shape index (κ1) is 10.5. The molecule has 0 amide bonds. The van der Waals surface area contributed by atoms with Gasteiger partial charge in [-0.2, -0.15) is 0 Å². The lowest BCUT2D eigenvalue weighted by Crippen LogP contribution is -2.08. The standard InChI is InChI=1S/C9H16O.CH2O2/c1-2-4-8(5-3-1)6-9-7-10-9;2-1-3/h8-9H,1-7H2;1H,(H,2,3). The average Bonchev–Trinajstić information content (AvgIpc) is 2.92. The first-order valence-corrected chi connectivity index (χ1v) is 5.06. The van der Waals surface area contributed by atoms with Crippen molar-refractivity contribution in [1.82, 2.24) is 0 Å². The Morgan fingerprint density at radius 2 is 1.85 bits per heavy atom. The maximum Gasteiger partial charge on any atom is 0.290 e. The first-order valence-electron chi connectivity index (χ1n) is 5.06. The van der Waals surface area contributed by atoms with Crippen LogP contribution in [0.5, 0.6) is 0 Å². The Bertz CT molecular complexity index is 137. The minimum Gasteiger partial charge on any atom is -0.483 e. The van der Waals surface area contributed by atoms with Gasteiger partial charge in [0.2, 0.25) is 0 Å². The van der Waals surface area contributed by atoms with E-state index in [0.29, 0.717) is 6.10 Å². The molecule has 2 rings (SSSR count). The number of epoxide rings is 1. The summed E-state index contributed by atoms with van der Waals surface area (Å²) >= 11 is 0. The molecule has 13 heavy (non-hydrogen) atoms. The van der Waals surface area contributed by atoms with E-state index in [4.69, 9.17) is 14.6 Å². The van der Waals surface area contributed by atoms with Gasteiger partial charge in [0.05, 0.1) is 12.7 Å². The molecule has 2 aliphatic rings. The van der Waals surface area contributed by atoms with Crippen LogP contribution in [0.2, 0.25) is 0 Å². The number of carboxylic acid groups (broad SMARTS) is 1. The summed E-state index contributed by atoms with van der Waals surface area (Å²) in [4.78, 5) is 8.36. The topological polar surface area (TPSA) is 49.8 Å². The summed E-state index contributed by atoms with van der Waals surface area (Å²) in [6, 6.07) is 0. The molecular formula is C10H18O3. The summed E-state index contributed by atoms with van der Waals surface area (Å²) in [6.07, 6.45) is 9.39. The van der Waals surface area contributed by atoms with Crippen LogP contribution in [0, 0.1) is 5.92 Å². The zero-order valence-electron chi connectivity index (χ0n) is 7.95. The smallest absolute Gasteiger partial charge is 0.290 e. The van der Waals surface area contributed by atoms with E-state index >= 15 is 0 Å². The monoisotopic (exact) mass is 186 g/mol. The molecule has 0 aromatic heterocycles. The minimum absolute atomic E-state index is 0.250. The van der Waals surface area contributed by atoms with Crippen molar-refractivity contribution in [2.75, 3.05) is 6.61 Å². The van der Waals surface area contributed by atoms with E-state index in [-0.39, 0.29) is 6.47 Å². The molecule has 1 atom stereocenters. The fourth-order valence-corrected chi connectivity index (χ4v) is 2.00. The second-order valence-corrected chi connectivity index (χ2v) is 3.80. The summed E-state index contributed by atoms with van der Waals surface area (Å²) in [5.74, 6) is 1.02. The molecule has 1 saturated carbocycles. The van der Waals surface area contributed by atoms with E-state index in [1.165, 1.54) is 38.5 Å². The van der Waals surface area contributed by atoms with E-state index < -0.39 is 0 Å². The number of rotatable bonds is 2. The maximum absolute atomic E-state index is 8.36. The predicted molar refractivity (Wildman–Crippen MR) is 49.6 cm³/mol. The van der Waals surface area contributed by atoms with E-state index in [1.807, 2.05) is 0 Å². The van der Waals surface area contributed by atoms with Crippen molar-refractivity contribution < 1.29 is 14.6 Å². The lowest BCUT2D eigenvalue weighted by atomic mass is 9.86. The second-order valence-electron chi connectivity index (χ2n) is 3.80. The third-order valence-electron chi connectivity index (χ3n) is 2.72. The van der Waals surface area contributed by atoms with Crippen molar-refractivity contribution in [2.45, 2.75) is 44.6 Å². The highest BCUT2D eigenvalue weighted by Crippen LogP contribution is 2.30. The van der Waals surface area contributed by atoms with Crippen molar-refractivity contribution in [1.29, 1.82) is 0 Å². The van der Waals surface area contributed by atoms with Crippen LogP contribution in [0.1, 0.15) is 38.5 Å². The Balaban J connectivity index is 0.000000251. The molecule has 1 unspecified atom stereocenters. The summed E-state index contributed by atoms with van der Waals surface area (Å²) in [5, 5.41) is 6.89. The number of carbonyl (C=O) groups is 1. The number of hydrogen-bond donors (Lipinski definition) is 1. The number of ether oxygens (including phenoxy) is 1. The summed E-state index contributed by atoms with van der Waals surface area (Å²) in [6.45, 7) is 0.802. The van der Waals surface area contributed by atoms with E-state index in [1.54, 1.807) is 0 Å². The van der Waals surface area contributed by atoms with Crippen LogP contribution in [0.3, 0.4) is 0 Å². The third kappa shape index (κ3) is 4.88. The summed E-state index contributed by atoms with van der Waals surface area (Å²) in [5.41, 5.74) is 0. The SMILES string of the molecule is C1CCC(CC2CO2)CC1.O=CO. The molecule has 1 heterocycles. The van der Waals surface area contributed by atoms with Crippen LogP contribution in [0.15, 0.2) is 0 Å². The van der Waals surface area contributed by atoms with Gasteiger partial charge in [0.1, 0.15) is 0 Å². The Morgan fingerprint density at radius 3 is 2.31 bits per heavy atom. The molecule has 3 heteroatoms. The van der Waals surface area contributed by atoms with Crippen LogP contribution >= 0.6 is 0 Å². The molecule has 1 N–H and O–H groups in total. The molecule has 0 aromatic rings. The highest BCUT2D eigenvalue weighted by atomic mass is 16.6. The predicted octanol–water partition coefficient (Wildman–Crippen LogP) is 2.06. The lowest BCUT2D eigenvalue weighted by Gasteiger charge is -2.20. The van der Waals surface area contributed by atoms with Gasteiger partial charge in [-0.05, 0) is 12.3 Å². The van der Waals surface area contributed by atoms with Gasteiger partial charge in [0, 0.05) is 0 Å². The Hall–Kier alpha value is -0.570. The van der Waals surface area contributed by atoms with Gasteiger partial charge in [0.25, 0.3) is 6.47 Å². The Kier molecular flexibility index (Phi) is 4.83. The fraction of sp³-hybridized carbons (Fsp3) is 0.900. The largest absolute Gasteiger partial charge is 0.483 e. The van der Waals surface area contributed by atoms with Gasteiger partial charge in [-0.15, -0.1) is 0 Å². The van der Waals surface area contributed by atoms with Crippen LogP contribution in [0.25, 0.3) is 0 Å². The summed E-state index contributed by atoms with van der Waals surface area (Å²) < 4.78 is 5.21. The van der Waals surface area contributed by atoms with Crippen molar-refractivity contribution in [3.63, 3.8) is 0 Å². The normalized spacial score (nSPS) is 27.2. The van der Waals surface area contributed by atoms with Gasteiger partial charge >= 0.3 is 0 Å². The minimum atomic E-state index is -0.250. The van der Waals surface area contributed by atoms with Gasteiger partial charge in [-0.3, -0.25) is 4.79 Å². The van der Waals surface area contributed by atoms with E-state index in [0.717, 1.165) is 12.5 Å². The summed E-state index contributed by atoms with van der Waals surface area (Å²) in [7, 11) is 0. The molecule has 0 bridgehead atoms. The van der Waals surface area contributed by atoms with Crippen LogP contribution in [0.4, 0.5) is 0 Å². The Morgan fingerprint density at radius 1 is 1.31 bits per heavy atom. The van der Waals surface area contributed by atoms with Crippen molar-refractivity contribution >= 4 is 6.47 Å². The van der Waals surface area contributed by atoms with Gasteiger partial charge in [-0.1, -0.05) is 32.1 Å². The quantitative estimate of drug-likeness (QED) is 0.530. The molecule has 0 spiro atoms. The number of hydrogen-bond acceptors (Lipinski definition) is 2. The Labute approximate surface area is 79.1 Å². The van der Waals surface area contributed by atoms with Gasteiger partial charge in [0.15, 0.2) is 0 Å². The zero-order chi connectivity index (χ0) is 9.52. The van der Waals surface area contributed by atoms with Gasteiger partial charge < -0.3 is 9.84 Å². The van der Waals surface area contributed by atoms with E-state index in [2.05, 4.69) is 0 Å². The molecule has 1 aliphatic carbocycles. The van der Waals surface area contributed by atoms with Gasteiger partial charge in [-0.25, -0.2) is 0 Å². The molecule has 76 valence electrons. The van der Waals surface area contributed by atoms with Crippen LogP contribution in [-0.4, -0.2) is 24.3 Å². The van der Waals surface area contributed by atoms with Crippen LogP contribution in [-0.2, 0) is 9.53 Å². The highest BCUT2D eigenvalue weighted by Gasteiger charge is 2.27. The van der Waals surface area contributed by atoms with Crippen LogP contribution < -0.4 is 0 Å². The second kappa shape index (κ2) is 5.97. The molecular weight excluding hydrogens is 168 g/mol. The molecule has 1 saturated heterocycles. The van der Waals surface area contributed by atoms with Crippen molar-refractivity contribution in [3.05, 3.63) is 0 Å². The highest BCUT2D eigenvalue weighted by molar-refractivity contribution is 5.32. The fourth-order valence-electron chi connectivity index (χ4n) is 2.00. The lowest BCUT2D eigenvalue weighted by molar-refractivity contribution is -0.122. The van der Waals surface area contributed by atoms with Crippen molar-refractivity contribution in [3.8, 4) is 0 Å².